The second-order valence-electron chi connectivity index (χ2n) is 4.54. The van der Waals surface area contributed by atoms with Gasteiger partial charge in [-0.05, 0) is 30.3 Å². The van der Waals surface area contributed by atoms with Crippen molar-refractivity contribution in [2.24, 2.45) is 0 Å². The van der Waals surface area contributed by atoms with Gasteiger partial charge in [0.05, 0.1) is 6.20 Å². The highest BCUT2D eigenvalue weighted by Crippen LogP contribution is 2.27. The van der Waals surface area contributed by atoms with Crippen LogP contribution in [0.4, 0.5) is 5.69 Å². The molecule has 0 fully saturated rings. The third-order valence-corrected chi connectivity index (χ3v) is 2.93. The number of nitrogens with zero attached hydrogens (tertiary/aromatic N) is 2. The molecule has 0 aliphatic carbocycles. The van der Waals surface area contributed by atoms with Gasteiger partial charge in [0.25, 0.3) is 0 Å². The Hall–Kier alpha value is -2.95. The van der Waals surface area contributed by atoms with Crippen LogP contribution in [-0.4, -0.2) is 16.1 Å². The van der Waals surface area contributed by atoms with Gasteiger partial charge in [-0.2, -0.15) is 5.10 Å². The summed E-state index contributed by atoms with van der Waals surface area (Å²) in [6.07, 6.45) is 1.70. The molecule has 3 aromatic rings. The summed E-state index contributed by atoms with van der Waals surface area (Å²) < 4.78 is 5.77. The highest BCUT2D eigenvalue weighted by atomic mass is 16.5. The molecule has 1 heterocycles. The molecule has 5 heteroatoms. The van der Waals surface area contributed by atoms with Crippen molar-refractivity contribution in [3.05, 3.63) is 54.7 Å². The molecule has 0 unspecified atom stereocenters. The van der Waals surface area contributed by atoms with E-state index in [1.165, 1.54) is 6.92 Å². The fourth-order valence-electron chi connectivity index (χ4n) is 2.00. The van der Waals surface area contributed by atoms with E-state index in [0.717, 1.165) is 16.5 Å². The van der Waals surface area contributed by atoms with Crippen molar-refractivity contribution < 1.29 is 9.53 Å². The summed E-state index contributed by atoms with van der Waals surface area (Å²) in [7, 11) is 0. The number of ether oxygens (including phenoxy) is 1. The quantitative estimate of drug-likeness (QED) is 0.798. The van der Waals surface area contributed by atoms with Gasteiger partial charge in [-0.3, -0.25) is 4.79 Å². The molecular weight excluding hydrogens is 266 g/mol. The lowest BCUT2D eigenvalue weighted by Crippen LogP contribution is -2.05. The average Bonchev–Trinajstić information content (AvgIpc) is 2.49. The summed E-state index contributed by atoms with van der Waals surface area (Å²) in [5, 5.41) is 12.5. The maximum atomic E-state index is 11.0. The summed E-state index contributed by atoms with van der Waals surface area (Å²) in [5.41, 5.74) is 0.721. The minimum atomic E-state index is -0.108. The second-order valence-corrected chi connectivity index (χ2v) is 4.54. The minimum absolute atomic E-state index is 0.108. The zero-order chi connectivity index (χ0) is 14.7. The molecule has 0 saturated carbocycles. The van der Waals surface area contributed by atoms with Gasteiger partial charge in [-0.15, -0.1) is 5.10 Å². The zero-order valence-corrected chi connectivity index (χ0v) is 11.4. The Balaban J connectivity index is 1.87. The standard InChI is InChI=1S/C16H13N3O2/c1-11(20)18-13-6-8-14(9-7-13)21-16-15-5-3-2-4-12(15)10-17-19-16/h2-10H,1H3,(H,18,20). The molecule has 21 heavy (non-hydrogen) atoms. The first-order valence-electron chi connectivity index (χ1n) is 6.48. The van der Waals surface area contributed by atoms with Gasteiger partial charge in [0.2, 0.25) is 11.8 Å². The zero-order valence-electron chi connectivity index (χ0n) is 11.4. The smallest absolute Gasteiger partial charge is 0.246 e. The lowest BCUT2D eigenvalue weighted by molar-refractivity contribution is -0.114. The minimum Gasteiger partial charge on any atom is -0.437 e. The van der Waals surface area contributed by atoms with Crippen LogP contribution in [0.25, 0.3) is 10.8 Å². The number of fused-ring (bicyclic) bond motifs is 1. The third-order valence-electron chi connectivity index (χ3n) is 2.93. The highest BCUT2D eigenvalue weighted by molar-refractivity contribution is 5.88. The van der Waals surface area contributed by atoms with Crippen molar-refractivity contribution in [3.8, 4) is 11.6 Å². The van der Waals surface area contributed by atoms with Gasteiger partial charge in [0.15, 0.2) is 0 Å². The van der Waals surface area contributed by atoms with Crippen molar-refractivity contribution in [3.63, 3.8) is 0 Å². The van der Waals surface area contributed by atoms with E-state index in [1.54, 1.807) is 30.5 Å². The number of aromatic nitrogens is 2. The van der Waals surface area contributed by atoms with E-state index in [9.17, 15) is 4.79 Å². The van der Waals surface area contributed by atoms with Crippen LogP contribution in [0.1, 0.15) is 6.92 Å². The molecule has 2 aromatic carbocycles. The topological polar surface area (TPSA) is 64.1 Å². The molecule has 3 rings (SSSR count). The van der Waals surface area contributed by atoms with Crippen LogP contribution in [0, 0.1) is 0 Å². The first-order valence-corrected chi connectivity index (χ1v) is 6.48. The van der Waals surface area contributed by atoms with Crippen LogP contribution in [0.15, 0.2) is 54.7 Å². The van der Waals surface area contributed by atoms with Crippen molar-refractivity contribution in [2.45, 2.75) is 6.92 Å². The van der Waals surface area contributed by atoms with Gasteiger partial charge in [0.1, 0.15) is 5.75 Å². The first-order chi connectivity index (χ1) is 10.2. The van der Waals surface area contributed by atoms with Crippen molar-refractivity contribution >= 4 is 22.4 Å². The number of anilines is 1. The van der Waals surface area contributed by atoms with E-state index in [0.29, 0.717) is 11.6 Å². The fourth-order valence-corrected chi connectivity index (χ4v) is 2.00. The Labute approximate surface area is 121 Å². The number of hydrogen-bond donors (Lipinski definition) is 1. The molecule has 0 aliphatic rings. The van der Waals surface area contributed by atoms with Gasteiger partial charge >= 0.3 is 0 Å². The van der Waals surface area contributed by atoms with E-state index in [4.69, 9.17) is 4.74 Å². The number of benzene rings is 2. The monoisotopic (exact) mass is 279 g/mol. The molecule has 0 atom stereocenters. The number of hydrogen-bond acceptors (Lipinski definition) is 4. The van der Waals surface area contributed by atoms with Gasteiger partial charge < -0.3 is 10.1 Å². The maximum absolute atomic E-state index is 11.0. The number of carbonyl (C=O) groups excluding carboxylic acids is 1. The second kappa shape index (κ2) is 5.58. The summed E-state index contributed by atoms with van der Waals surface area (Å²) >= 11 is 0. The number of nitrogens with one attached hydrogen (secondary N) is 1. The van der Waals surface area contributed by atoms with E-state index in [-0.39, 0.29) is 5.91 Å². The van der Waals surface area contributed by atoms with E-state index >= 15 is 0 Å². The molecule has 1 aromatic heterocycles. The van der Waals surface area contributed by atoms with E-state index < -0.39 is 0 Å². The maximum Gasteiger partial charge on any atom is 0.246 e. The van der Waals surface area contributed by atoms with Gasteiger partial charge in [0, 0.05) is 23.4 Å². The summed E-state index contributed by atoms with van der Waals surface area (Å²) in [5.74, 6) is 0.985. The van der Waals surface area contributed by atoms with Crippen molar-refractivity contribution in [2.75, 3.05) is 5.32 Å². The Kier molecular flexibility index (Phi) is 3.47. The third kappa shape index (κ3) is 2.97. The lowest BCUT2D eigenvalue weighted by Gasteiger charge is -2.08. The molecule has 0 aliphatic heterocycles. The largest absolute Gasteiger partial charge is 0.437 e. The van der Waals surface area contributed by atoms with Gasteiger partial charge in [-0.1, -0.05) is 18.2 Å². The van der Waals surface area contributed by atoms with Crippen LogP contribution in [-0.2, 0) is 4.79 Å². The van der Waals surface area contributed by atoms with Crippen LogP contribution >= 0.6 is 0 Å². The summed E-state index contributed by atoms with van der Waals surface area (Å²) in [6, 6.07) is 14.8. The molecule has 0 radical (unpaired) electrons. The Morgan fingerprint density at radius 2 is 1.86 bits per heavy atom. The molecule has 1 N–H and O–H groups in total. The van der Waals surface area contributed by atoms with Crippen LogP contribution < -0.4 is 10.1 Å². The molecule has 104 valence electrons. The molecule has 0 bridgehead atoms. The van der Waals surface area contributed by atoms with Crippen LogP contribution in [0.5, 0.6) is 11.6 Å². The fraction of sp³-hybridized carbons (Fsp3) is 0.0625. The molecule has 0 saturated heterocycles. The van der Waals surface area contributed by atoms with Crippen molar-refractivity contribution in [1.29, 1.82) is 0 Å². The number of amides is 1. The average molecular weight is 279 g/mol. The molecule has 5 nitrogen and oxygen atoms in total. The molecule has 1 amide bonds. The van der Waals surface area contributed by atoms with Gasteiger partial charge in [-0.25, -0.2) is 0 Å². The summed E-state index contributed by atoms with van der Waals surface area (Å²) in [6.45, 7) is 1.47. The van der Waals surface area contributed by atoms with E-state index in [1.807, 2.05) is 24.3 Å². The normalized spacial score (nSPS) is 10.3. The predicted octanol–water partition coefficient (Wildman–Crippen LogP) is 3.38. The predicted molar refractivity (Wildman–Crippen MR) is 80.4 cm³/mol. The number of rotatable bonds is 3. The summed E-state index contributed by atoms with van der Waals surface area (Å²) in [4.78, 5) is 11.0. The number of carbonyl (C=O) groups is 1. The van der Waals surface area contributed by atoms with Crippen LogP contribution in [0.3, 0.4) is 0 Å². The lowest BCUT2D eigenvalue weighted by atomic mass is 10.2. The highest BCUT2D eigenvalue weighted by Gasteiger charge is 2.05. The Morgan fingerprint density at radius 3 is 2.62 bits per heavy atom. The van der Waals surface area contributed by atoms with Crippen molar-refractivity contribution in [1.82, 2.24) is 10.2 Å². The first kappa shape index (κ1) is 13.1. The molecule has 0 spiro atoms. The Morgan fingerprint density at radius 1 is 1.10 bits per heavy atom. The van der Waals surface area contributed by atoms with E-state index in [2.05, 4.69) is 15.5 Å². The SMILES string of the molecule is CC(=O)Nc1ccc(Oc2nncc3ccccc23)cc1. The molecular formula is C16H13N3O2. The van der Waals surface area contributed by atoms with Crippen LogP contribution in [0.2, 0.25) is 0 Å². The Bertz CT molecular complexity index is 780.